The Morgan fingerprint density at radius 3 is 3.14 bits per heavy atom. The molecule has 1 fully saturated rings. The molecule has 1 aliphatic carbocycles. The van der Waals surface area contributed by atoms with Crippen molar-refractivity contribution in [3.05, 3.63) is 12.2 Å². The quantitative estimate of drug-likeness (QED) is 0.693. The Hall–Kier alpha value is -1.90. The first-order valence-electron chi connectivity index (χ1n) is 4.37. The van der Waals surface area contributed by atoms with Crippen molar-refractivity contribution in [1.82, 2.24) is 20.1 Å². The molecule has 72 valence electrons. The first-order chi connectivity index (χ1) is 6.78. The van der Waals surface area contributed by atoms with Crippen molar-refractivity contribution >= 4 is 5.91 Å². The van der Waals surface area contributed by atoms with E-state index in [1.807, 2.05) is 0 Å². The number of hydrogen-bond donors (Lipinski definition) is 1. The van der Waals surface area contributed by atoms with Gasteiger partial charge in [0, 0.05) is 6.04 Å². The molecule has 2 rings (SSSR count). The number of amides is 1. The molecule has 1 aliphatic rings. The SMILES string of the molecule is N#Cc1ncn(CC(=O)NC2CC2)n1. The zero-order valence-electron chi connectivity index (χ0n) is 7.47. The van der Waals surface area contributed by atoms with Crippen LogP contribution >= 0.6 is 0 Å². The molecule has 1 aromatic rings. The molecule has 1 aromatic heterocycles. The van der Waals surface area contributed by atoms with E-state index in [9.17, 15) is 4.79 Å². The third-order valence-corrected chi connectivity index (χ3v) is 1.88. The van der Waals surface area contributed by atoms with Gasteiger partial charge in [0.2, 0.25) is 5.91 Å². The molecular formula is C8H9N5O. The van der Waals surface area contributed by atoms with Crippen LogP contribution in [0.15, 0.2) is 6.33 Å². The second kappa shape index (κ2) is 3.46. The fourth-order valence-electron chi connectivity index (χ4n) is 1.07. The molecule has 0 saturated heterocycles. The minimum atomic E-state index is -0.0816. The second-order valence-electron chi connectivity index (χ2n) is 3.22. The summed E-state index contributed by atoms with van der Waals surface area (Å²) in [5.74, 6) is 0.00566. The first-order valence-corrected chi connectivity index (χ1v) is 4.37. The lowest BCUT2D eigenvalue weighted by Crippen LogP contribution is -2.29. The zero-order chi connectivity index (χ0) is 9.97. The van der Waals surface area contributed by atoms with Crippen LogP contribution in [-0.2, 0) is 11.3 Å². The van der Waals surface area contributed by atoms with E-state index in [1.165, 1.54) is 11.0 Å². The van der Waals surface area contributed by atoms with Gasteiger partial charge in [-0.05, 0) is 12.8 Å². The van der Waals surface area contributed by atoms with Gasteiger partial charge in [-0.1, -0.05) is 0 Å². The molecule has 1 saturated carbocycles. The predicted molar refractivity (Wildman–Crippen MR) is 45.9 cm³/mol. The van der Waals surface area contributed by atoms with Crippen LogP contribution < -0.4 is 5.32 Å². The normalized spacial score (nSPS) is 14.8. The van der Waals surface area contributed by atoms with E-state index in [0.29, 0.717) is 6.04 Å². The Kier molecular flexibility index (Phi) is 2.14. The lowest BCUT2D eigenvalue weighted by Gasteiger charge is -2.01. The molecule has 1 N–H and O–H groups in total. The summed E-state index contributed by atoms with van der Waals surface area (Å²) < 4.78 is 1.36. The molecular weight excluding hydrogens is 182 g/mol. The maximum absolute atomic E-state index is 11.3. The summed E-state index contributed by atoms with van der Waals surface area (Å²) in [6.07, 6.45) is 3.50. The van der Waals surface area contributed by atoms with Crippen LogP contribution in [0.4, 0.5) is 0 Å². The van der Waals surface area contributed by atoms with Gasteiger partial charge in [-0.2, -0.15) is 5.26 Å². The van der Waals surface area contributed by atoms with Crippen LogP contribution in [0.25, 0.3) is 0 Å². The molecule has 0 aliphatic heterocycles. The third-order valence-electron chi connectivity index (χ3n) is 1.88. The Morgan fingerprint density at radius 1 is 1.79 bits per heavy atom. The highest BCUT2D eigenvalue weighted by Crippen LogP contribution is 2.18. The standard InChI is InChI=1S/C8H9N5O/c9-3-7-10-5-13(12-7)4-8(14)11-6-1-2-6/h5-6H,1-2,4H2,(H,11,14). The van der Waals surface area contributed by atoms with E-state index >= 15 is 0 Å². The smallest absolute Gasteiger partial charge is 0.252 e. The maximum atomic E-state index is 11.3. The maximum Gasteiger partial charge on any atom is 0.252 e. The minimum Gasteiger partial charge on any atom is -0.352 e. The lowest BCUT2D eigenvalue weighted by atomic mass is 10.5. The highest BCUT2D eigenvalue weighted by Gasteiger charge is 2.23. The molecule has 0 bridgehead atoms. The fourth-order valence-corrected chi connectivity index (χ4v) is 1.07. The summed E-state index contributed by atoms with van der Waals surface area (Å²) in [5, 5.41) is 15.1. The van der Waals surface area contributed by atoms with Crippen molar-refractivity contribution in [1.29, 1.82) is 5.26 Å². The van der Waals surface area contributed by atoms with Gasteiger partial charge in [0.1, 0.15) is 18.9 Å². The van der Waals surface area contributed by atoms with Gasteiger partial charge in [0.15, 0.2) is 0 Å². The summed E-state index contributed by atoms with van der Waals surface area (Å²) in [5.41, 5.74) is 0. The zero-order valence-corrected chi connectivity index (χ0v) is 7.47. The average Bonchev–Trinajstić information content (AvgIpc) is 2.83. The first kappa shape index (κ1) is 8.69. The Balaban J connectivity index is 1.89. The Labute approximate surface area is 80.5 Å². The summed E-state index contributed by atoms with van der Waals surface area (Å²) in [6.45, 7) is 0.130. The number of carbonyl (C=O) groups is 1. The molecule has 6 heteroatoms. The largest absolute Gasteiger partial charge is 0.352 e. The van der Waals surface area contributed by atoms with Gasteiger partial charge in [0.25, 0.3) is 5.82 Å². The highest BCUT2D eigenvalue weighted by molar-refractivity contribution is 5.76. The van der Waals surface area contributed by atoms with E-state index in [-0.39, 0.29) is 18.3 Å². The number of nitriles is 1. The van der Waals surface area contributed by atoms with Crippen molar-refractivity contribution in [2.75, 3.05) is 0 Å². The lowest BCUT2D eigenvalue weighted by molar-refractivity contribution is -0.122. The van der Waals surface area contributed by atoms with Crippen molar-refractivity contribution < 1.29 is 4.79 Å². The Bertz CT molecular complexity index is 387. The molecule has 0 atom stereocenters. The third kappa shape index (κ3) is 2.07. The van der Waals surface area contributed by atoms with Crippen molar-refractivity contribution in [3.8, 4) is 6.07 Å². The van der Waals surface area contributed by atoms with Gasteiger partial charge >= 0.3 is 0 Å². The molecule has 1 amide bonds. The molecule has 0 radical (unpaired) electrons. The van der Waals surface area contributed by atoms with Crippen LogP contribution in [0.2, 0.25) is 0 Å². The van der Waals surface area contributed by atoms with Gasteiger partial charge in [-0.3, -0.25) is 4.79 Å². The van der Waals surface area contributed by atoms with Crippen molar-refractivity contribution in [3.63, 3.8) is 0 Å². The monoisotopic (exact) mass is 191 g/mol. The number of carbonyl (C=O) groups excluding carboxylic acids is 1. The van der Waals surface area contributed by atoms with E-state index in [2.05, 4.69) is 15.4 Å². The van der Waals surface area contributed by atoms with E-state index in [1.54, 1.807) is 6.07 Å². The van der Waals surface area contributed by atoms with E-state index < -0.39 is 0 Å². The minimum absolute atomic E-state index is 0.0816. The van der Waals surface area contributed by atoms with Crippen LogP contribution in [0.5, 0.6) is 0 Å². The number of aromatic nitrogens is 3. The van der Waals surface area contributed by atoms with Crippen LogP contribution in [-0.4, -0.2) is 26.7 Å². The van der Waals surface area contributed by atoms with Gasteiger partial charge < -0.3 is 5.32 Å². The average molecular weight is 191 g/mol. The van der Waals surface area contributed by atoms with Crippen LogP contribution in [0.3, 0.4) is 0 Å². The summed E-state index contributed by atoms with van der Waals surface area (Å²) in [4.78, 5) is 15.0. The molecule has 6 nitrogen and oxygen atoms in total. The predicted octanol–water partition coefficient (Wildman–Crippen LogP) is -0.572. The summed E-state index contributed by atoms with van der Waals surface area (Å²) >= 11 is 0. The fraction of sp³-hybridized carbons (Fsp3) is 0.500. The van der Waals surface area contributed by atoms with Gasteiger partial charge in [0.05, 0.1) is 0 Å². The van der Waals surface area contributed by atoms with E-state index in [4.69, 9.17) is 5.26 Å². The Morgan fingerprint density at radius 2 is 2.57 bits per heavy atom. The molecule has 0 unspecified atom stereocenters. The van der Waals surface area contributed by atoms with Gasteiger partial charge in [-0.15, -0.1) is 5.10 Å². The van der Waals surface area contributed by atoms with Crippen LogP contribution in [0, 0.1) is 11.3 Å². The second-order valence-corrected chi connectivity index (χ2v) is 3.22. The molecule has 0 spiro atoms. The molecule has 1 heterocycles. The topological polar surface area (TPSA) is 83.6 Å². The molecule has 14 heavy (non-hydrogen) atoms. The number of nitrogens with zero attached hydrogens (tertiary/aromatic N) is 4. The highest BCUT2D eigenvalue weighted by atomic mass is 16.2. The van der Waals surface area contributed by atoms with Crippen molar-refractivity contribution in [2.24, 2.45) is 0 Å². The number of hydrogen-bond acceptors (Lipinski definition) is 4. The number of rotatable bonds is 3. The summed E-state index contributed by atoms with van der Waals surface area (Å²) in [7, 11) is 0. The van der Waals surface area contributed by atoms with Crippen LogP contribution in [0.1, 0.15) is 18.7 Å². The van der Waals surface area contributed by atoms with E-state index in [0.717, 1.165) is 12.8 Å². The summed E-state index contributed by atoms with van der Waals surface area (Å²) in [6, 6.07) is 2.15. The van der Waals surface area contributed by atoms with Crippen molar-refractivity contribution in [2.45, 2.75) is 25.4 Å². The van der Waals surface area contributed by atoms with Gasteiger partial charge in [-0.25, -0.2) is 9.67 Å². The number of nitrogens with one attached hydrogen (secondary N) is 1. The molecule has 0 aromatic carbocycles.